The molecule has 0 aromatic heterocycles. The Kier molecular flexibility index (Phi) is 4.67. The van der Waals surface area contributed by atoms with Crippen molar-refractivity contribution in [2.75, 3.05) is 0 Å². The molecule has 0 aliphatic carbocycles. The SMILES string of the molecule is [2H]c1c([2H])c(-c2c([2H])c([2H])c(-c3ccc4ccc5cccc6ccc3c4c56)c([2H])c2[2H])c([2H])c(-c2c([2H])c([2H])c(-c3ccc4ccc5c(-c6ccccc6)ccc6ccc3c4c65)c([2H])c2[2H])c1[2H]. The third kappa shape index (κ3) is 4.73. The summed E-state index contributed by atoms with van der Waals surface area (Å²) in [5, 5.41) is 11.2. The predicted octanol–water partition coefficient (Wildman–Crippen LogP) is 15.8. The van der Waals surface area contributed by atoms with Gasteiger partial charge in [-0.05, 0) is 126 Å². The van der Waals surface area contributed by atoms with Crippen LogP contribution in [0.15, 0.2) is 206 Å². The summed E-state index contributed by atoms with van der Waals surface area (Å²) in [7, 11) is 0. The highest BCUT2D eigenvalue weighted by molar-refractivity contribution is 6.28. The van der Waals surface area contributed by atoms with E-state index < -0.39 is 94.8 Å². The smallest absolute Gasteiger partial charge is 0.0622 e. The van der Waals surface area contributed by atoms with Crippen LogP contribution in [-0.4, -0.2) is 0 Å². The first kappa shape index (κ1) is 21.6. The molecule has 0 aliphatic heterocycles. The lowest BCUT2D eigenvalue weighted by molar-refractivity contribution is 1.58. The molecule has 56 heavy (non-hydrogen) atoms. The topological polar surface area (TPSA) is 0 Å². The van der Waals surface area contributed by atoms with Gasteiger partial charge in [0.2, 0.25) is 0 Å². The van der Waals surface area contributed by atoms with E-state index in [0.29, 0.717) is 16.5 Å². The predicted molar refractivity (Wildman–Crippen MR) is 241 cm³/mol. The first-order valence-corrected chi connectivity index (χ1v) is 18.5. The highest BCUT2D eigenvalue weighted by atomic mass is 14.2. The van der Waals surface area contributed by atoms with Crippen molar-refractivity contribution in [3.05, 3.63) is 206 Å². The molecule has 0 saturated carbocycles. The zero-order chi connectivity index (χ0) is 47.2. The molecule has 0 heterocycles. The molecule has 0 radical (unpaired) electrons. The Hall–Kier alpha value is -7.28. The number of hydrogen-bond donors (Lipinski definition) is 0. The summed E-state index contributed by atoms with van der Waals surface area (Å²) in [5.41, 5.74) is 1.18. The largest absolute Gasteiger partial charge is 0.0636 e. The van der Waals surface area contributed by atoms with Gasteiger partial charge in [-0.15, -0.1) is 0 Å². The van der Waals surface area contributed by atoms with Gasteiger partial charge in [0.25, 0.3) is 0 Å². The van der Waals surface area contributed by atoms with Gasteiger partial charge < -0.3 is 0 Å². The highest BCUT2D eigenvalue weighted by Gasteiger charge is 2.16. The Labute approximate surface area is 342 Å². The van der Waals surface area contributed by atoms with Crippen LogP contribution >= 0.6 is 0 Å². The van der Waals surface area contributed by atoms with Crippen molar-refractivity contribution in [2.45, 2.75) is 0 Å². The zero-order valence-corrected chi connectivity index (χ0v) is 29.7. The monoisotopic (exact) mass is 718 g/mol. The Morgan fingerprint density at radius 2 is 0.625 bits per heavy atom. The quantitative estimate of drug-likeness (QED) is 0.155. The van der Waals surface area contributed by atoms with Crippen molar-refractivity contribution in [1.82, 2.24) is 0 Å². The Bertz CT molecular complexity index is 4090. The number of hydrogen-bond acceptors (Lipinski definition) is 0. The van der Waals surface area contributed by atoms with Crippen LogP contribution in [0.3, 0.4) is 0 Å². The van der Waals surface area contributed by atoms with Crippen LogP contribution in [0.1, 0.15) is 16.4 Å². The van der Waals surface area contributed by atoms with E-state index in [-0.39, 0.29) is 11.1 Å². The van der Waals surface area contributed by atoms with Crippen molar-refractivity contribution in [3.8, 4) is 55.6 Å². The van der Waals surface area contributed by atoms with Crippen LogP contribution in [0.4, 0.5) is 0 Å². The van der Waals surface area contributed by atoms with E-state index in [1.54, 1.807) is 12.1 Å². The summed E-state index contributed by atoms with van der Waals surface area (Å²) in [5.74, 6) is 0. The second kappa shape index (κ2) is 12.1. The Morgan fingerprint density at radius 3 is 1.11 bits per heavy atom. The summed E-state index contributed by atoms with van der Waals surface area (Å²) < 4.78 is 112. The fraction of sp³-hybridized carbons (Fsp3) is 0. The van der Waals surface area contributed by atoms with E-state index in [1.165, 1.54) is 0 Å². The van der Waals surface area contributed by atoms with Gasteiger partial charge in [0.05, 0.1) is 16.4 Å². The molecular formula is C56H34. The van der Waals surface area contributed by atoms with Crippen molar-refractivity contribution in [3.63, 3.8) is 0 Å². The molecule has 12 rings (SSSR count). The summed E-state index contributed by atoms with van der Waals surface area (Å²) >= 11 is 0. The molecule has 0 unspecified atom stereocenters. The average molecular weight is 719 g/mol. The maximum absolute atomic E-state index is 9.54. The molecule has 0 saturated heterocycles. The highest BCUT2D eigenvalue weighted by Crippen LogP contribution is 2.43. The minimum atomic E-state index is -0.735. The lowest BCUT2D eigenvalue weighted by Gasteiger charge is -2.16. The molecule has 0 bridgehead atoms. The minimum Gasteiger partial charge on any atom is -0.0622 e. The van der Waals surface area contributed by atoms with Gasteiger partial charge in [-0.3, -0.25) is 0 Å². The number of rotatable bonds is 5. The van der Waals surface area contributed by atoms with E-state index in [1.807, 2.05) is 91.0 Å². The summed E-state index contributed by atoms with van der Waals surface area (Å²) in [6.07, 6.45) is 0. The van der Waals surface area contributed by atoms with E-state index in [4.69, 9.17) is 4.11 Å². The van der Waals surface area contributed by atoms with Gasteiger partial charge in [-0.1, -0.05) is 200 Å². The third-order valence-electron chi connectivity index (χ3n) is 11.2. The number of benzene rings is 12. The zero-order valence-electron chi connectivity index (χ0n) is 41.7. The van der Waals surface area contributed by atoms with E-state index in [9.17, 15) is 12.3 Å². The van der Waals surface area contributed by atoms with E-state index >= 15 is 0 Å². The summed E-state index contributed by atoms with van der Waals surface area (Å²) in [4.78, 5) is 0. The molecule has 0 heteroatoms. The Balaban J connectivity index is 1.04. The molecule has 0 nitrogen and oxygen atoms in total. The average Bonchev–Trinajstić information content (AvgIpc) is 3.36. The molecule has 258 valence electrons. The molecule has 12 aromatic rings. The van der Waals surface area contributed by atoms with E-state index in [0.717, 1.165) is 70.4 Å². The normalized spacial score (nSPS) is 14.9. The fourth-order valence-electron chi connectivity index (χ4n) is 8.58. The second-order valence-electron chi connectivity index (χ2n) is 14.2. The van der Waals surface area contributed by atoms with E-state index in [2.05, 4.69) is 30.3 Å². The molecule has 0 N–H and O–H groups in total. The standard InChI is InChI=1S/C56H34/c1-2-6-37(7-3-1)47-28-23-43-27-33-52-49(30-24-44-26-32-51(47)55(43)56(44)52)39-18-14-36(15-19-39)46-11-5-10-45(34-46)35-12-16-38(17-13-35)48-29-22-42-21-20-40-8-4-9-41-25-31-50(48)54(42)53(40)41/h1-34H/i5D,10D,11D,12D,13D,14D,15D,16D,17D,18D,19D,34D. The Morgan fingerprint density at radius 1 is 0.250 bits per heavy atom. The van der Waals surface area contributed by atoms with Crippen molar-refractivity contribution < 1.29 is 16.4 Å². The van der Waals surface area contributed by atoms with Gasteiger partial charge in [0.1, 0.15) is 0 Å². The maximum Gasteiger partial charge on any atom is 0.0636 e. The van der Waals surface area contributed by atoms with Gasteiger partial charge in [-0.25, -0.2) is 0 Å². The lowest BCUT2D eigenvalue weighted by Crippen LogP contribution is -1.89. The summed E-state index contributed by atoms with van der Waals surface area (Å²) in [6.45, 7) is 0. The molecule has 0 amide bonds. The summed E-state index contributed by atoms with van der Waals surface area (Å²) in [6, 6.07) is 36.6. The minimum absolute atomic E-state index is 0.00780. The first-order valence-electron chi connectivity index (χ1n) is 24.5. The van der Waals surface area contributed by atoms with Gasteiger partial charge in [0.15, 0.2) is 0 Å². The van der Waals surface area contributed by atoms with Crippen LogP contribution in [0.5, 0.6) is 0 Å². The maximum atomic E-state index is 9.54. The van der Waals surface area contributed by atoms with Crippen LogP contribution in [0.25, 0.3) is 120 Å². The van der Waals surface area contributed by atoms with Crippen molar-refractivity contribution in [2.24, 2.45) is 0 Å². The van der Waals surface area contributed by atoms with Crippen molar-refractivity contribution in [1.29, 1.82) is 0 Å². The van der Waals surface area contributed by atoms with Crippen LogP contribution in [0.2, 0.25) is 0 Å². The van der Waals surface area contributed by atoms with Crippen LogP contribution in [0, 0.1) is 0 Å². The van der Waals surface area contributed by atoms with Gasteiger partial charge in [0, 0.05) is 0 Å². The molecule has 0 spiro atoms. The molecular weight excluding hydrogens is 673 g/mol. The molecule has 0 fully saturated rings. The fourth-order valence-corrected chi connectivity index (χ4v) is 8.58. The second-order valence-corrected chi connectivity index (χ2v) is 14.2. The lowest BCUT2D eigenvalue weighted by atomic mass is 9.87. The van der Waals surface area contributed by atoms with Crippen molar-refractivity contribution >= 4 is 64.6 Å². The van der Waals surface area contributed by atoms with Crippen LogP contribution in [-0.2, 0) is 0 Å². The third-order valence-corrected chi connectivity index (χ3v) is 11.2. The van der Waals surface area contributed by atoms with Crippen LogP contribution < -0.4 is 0 Å². The molecule has 0 atom stereocenters. The van der Waals surface area contributed by atoms with Gasteiger partial charge >= 0.3 is 0 Å². The molecule has 0 aliphatic rings. The first-order chi connectivity index (χ1) is 32.8. The van der Waals surface area contributed by atoms with Gasteiger partial charge in [-0.2, -0.15) is 0 Å². The molecule has 12 aromatic carbocycles.